The maximum absolute atomic E-state index is 12.2. The average Bonchev–Trinajstić information content (AvgIpc) is 2.36. The van der Waals surface area contributed by atoms with Crippen LogP contribution in [0.2, 0.25) is 0 Å². The first-order chi connectivity index (χ1) is 9.23. The predicted molar refractivity (Wildman–Crippen MR) is 68.0 cm³/mol. The number of carboxylic acids is 1. The molecule has 0 radical (unpaired) electrons. The van der Waals surface area contributed by atoms with Crippen molar-refractivity contribution in [3.63, 3.8) is 0 Å². The second kappa shape index (κ2) is 6.76. The molecule has 0 fully saturated rings. The van der Waals surface area contributed by atoms with Gasteiger partial charge >= 0.3 is 12.6 Å². The highest BCUT2D eigenvalue weighted by Gasteiger charge is 2.24. The van der Waals surface area contributed by atoms with Crippen molar-refractivity contribution in [2.75, 3.05) is 0 Å². The highest BCUT2D eigenvalue weighted by atomic mass is 79.9. The van der Waals surface area contributed by atoms with Crippen molar-refractivity contribution in [2.24, 2.45) is 0 Å². The SMILES string of the molecule is CC(=O)C(Br)c1ccc(OC(F)F)c(C(O)C(=O)O)c1. The van der Waals surface area contributed by atoms with Crippen LogP contribution in [0, 0.1) is 0 Å². The van der Waals surface area contributed by atoms with E-state index >= 15 is 0 Å². The van der Waals surface area contributed by atoms with Gasteiger partial charge in [0.25, 0.3) is 0 Å². The van der Waals surface area contributed by atoms with Crippen LogP contribution in [-0.4, -0.2) is 28.6 Å². The summed E-state index contributed by atoms with van der Waals surface area (Å²) in [4.78, 5) is 21.3. The lowest BCUT2D eigenvalue weighted by Crippen LogP contribution is -2.14. The summed E-state index contributed by atoms with van der Waals surface area (Å²) >= 11 is 3.08. The molecule has 0 spiro atoms. The highest BCUT2D eigenvalue weighted by Crippen LogP contribution is 2.33. The number of aliphatic hydroxyl groups excluding tert-OH is 1. The van der Waals surface area contributed by atoms with Crippen molar-refractivity contribution < 1.29 is 33.3 Å². The fourth-order valence-corrected chi connectivity index (χ4v) is 1.79. The molecule has 1 aromatic carbocycles. The summed E-state index contributed by atoms with van der Waals surface area (Å²) in [6.07, 6.45) is -2.03. The molecule has 1 aromatic rings. The Morgan fingerprint density at radius 2 is 1.95 bits per heavy atom. The van der Waals surface area contributed by atoms with Crippen molar-refractivity contribution in [3.8, 4) is 5.75 Å². The van der Waals surface area contributed by atoms with Gasteiger partial charge in [-0.1, -0.05) is 22.0 Å². The van der Waals surface area contributed by atoms with Crippen LogP contribution in [0.25, 0.3) is 0 Å². The average molecular weight is 353 g/mol. The molecule has 0 aliphatic rings. The second-order valence-electron chi connectivity index (χ2n) is 3.89. The Morgan fingerprint density at radius 1 is 1.35 bits per heavy atom. The van der Waals surface area contributed by atoms with Gasteiger partial charge in [0.2, 0.25) is 0 Å². The number of benzene rings is 1. The number of carboxylic acid groups (broad SMARTS) is 1. The summed E-state index contributed by atoms with van der Waals surface area (Å²) in [5, 5.41) is 18.3. The van der Waals surface area contributed by atoms with Gasteiger partial charge in [-0.05, 0) is 24.6 Å². The van der Waals surface area contributed by atoms with Crippen LogP contribution in [0.15, 0.2) is 18.2 Å². The van der Waals surface area contributed by atoms with Crippen LogP contribution < -0.4 is 4.74 Å². The van der Waals surface area contributed by atoms with Crippen LogP contribution in [0.5, 0.6) is 5.75 Å². The van der Waals surface area contributed by atoms with Gasteiger partial charge in [0, 0.05) is 5.56 Å². The smallest absolute Gasteiger partial charge is 0.387 e. The van der Waals surface area contributed by atoms with E-state index in [9.17, 15) is 23.5 Å². The van der Waals surface area contributed by atoms with Crippen LogP contribution in [0.3, 0.4) is 0 Å². The largest absolute Gasteiger partial charge is 0.479 e. The number of hydrogen-bond donors (Lipinski definition) is 2. The van der Waals surface area contributed by atoms with Crippen LogP contribution in [0.4, 0.5) is 8.78 Å². The molecular weight excluding hydrogens is 342 g/mol. The van der Waals surface area contributed by atoms with E-state index in [0.717, 1.165) is 12.1 Å². The first kappa shape index (κ1) is 16.5. The van der Waals surface area contributed by atoms with Crippen molar-refractivity contribution in [3.05, 3.63) is 29.3 Å². The first-order valence-corrected chi connectivity index (χ1v) is 6.29. The second-order valence-corrected chi connectivity index (χ2v) is 4.81. The van der Waals surface area contributed by atoms with E-state index < -0.39 is 29.3 Å². The van der Waals surface area contributed by atoms with Crippen molar-refractivity contribution >= 4 is 27.7 Å². The van der Waals surface area contributed by atoms with Gasteiger partial charge < -0.3 is 14.9 Å². The number of aliphatic hydroxyl groups is 1. The Labute approximate surface area is 121 Å². The first-order valence-electron chi connectivity index (χ1n) is 5.38. The summed E-state index contributed by atoms with van der Waals surface area (Å²) < 4.78 is 28.6. The third-order valence-corrected chi connectivity index (χ3v) is 3.60. The number of Topliss-reactive ketones (excluding diaryl/α,β-unsaturated/α-hetero) is 1. The van der Waals surface area contributed by atoms with E-state index in [1.165, 1.54) is 13.0 Å². The minimum absolute atomic E-state index is 0.261. The molecule has 0 aliphatic carbocycles. The number of carbonyl (C=O) groups excluding carboxylic acids is 1. The molecule has 5 nitrogen and oxygen atoms in total. The van der Waals surface area contributed by atoms with Crippen molar-refractivity contribution in [2.45, 2.75) is 24.5 Å². The minimum Gasteiger partial charge on any atom is -0.479 e. The number of carbonyl (C=O) groups is 2. The Bertz CT molecular complexity index is 521. The minimum atomic E-state index is -3.16. The number of rotatable bonds is 6. The molecule has 0 amide bonds. The number of hydrogen-bond acceptors (Lipinski definition) is 4. The van der Waals surface area contributed by atoms with Crippen LogP contribution >= 0.6 is 15.9 Å². The Balaban J connectivity index is 3.27. The van der Waals surface area contributed by atoms with Gasteiger partial charge in [0.1, 0.15) is 11.5 Å². The van der Waals surface area contributed by atoms with E-state index in [-0.39, 0.29) is 11.3 Å². The third-order valence-electron chi connectivity index (χ3n) is 2.43. The summed E-state index contributed by atoms with van der Waals surface area (Å²) in [7, 11) is 0. The van der Waals surface area contributed by atoms with E-state index in [1.54, 1.807) is 0 Å². The maximum Gasteiger partial charge on any atom is 0.387 e. The molecule has 110 valence electrons. The number of ketones is 1. The summed E-state index contributed by atoms with van der Waals surface area (Å²) in [5.41, 5.74) is -0.0181. The van der Waals surface area contributed by atoms with E-state index in [1.807, 2.05) is 0 Å². The standard InChI is InChI=1S/C12H11BrF2O5/c1-5(16)9(13)6-2-3-8(20-12(14)15)7(4-6)10(17)11(18)19/h2-4,9-10,12,17H,1H3,(H,18,19). The van der Waals surface area contributed by atoms with Gasteiger partial charge in [0.15, 0.2) is 6.10 Å². The lowest BCUT2D eigenvalue weighted by Gasteiger charge is -2.16. The quantitative estimate of drug-likeness (QED) is 0.768. The lowest BCUT2D eigenvalue weighted by molar-refractivity contribution is -0.147. The molecule has 1 rings (SSSR count). The molecule has 0 heterocycles. The Kier molecular flexibility index (Phi) is 5.58. The maximum atomic E-state index is 12.2. The number of halogens is 3. The van der Waals surface area contributed by atoms with Crippen LogP contribution in [0.1, 0.15) is 29.0 Å². The monoisotopic (exact) mass is 352 g/mol. The Hall–Kier alpha value is -1.54. The van der Waals surface area contributed by atoms with Gasteiger partial charge in [-0.3, -0.25) is 4.79 Å². The molecule has 20 heavy (non-hydrogen) atoms. The summed E-state index contributed by atoms with van der Waals surface area (Å²) in [5.74, 6) is -2.33. The number of ether oxygens (including phenoxy) is 1. The molecule has 2 unspecified atom stereocenters. The van der Waals surface area contributed by atoms with Gasteiger partial charge in [-0.15, -0.1) is 0 Å². The third kappa shape index (κ3) is 3.97. The molecule has 0 bridgehead atoms. The van der Waals surface area contributed by atoms with Gasteiger partial charge in [0.05, 0.1) is 4.83 Å². The van der Waals surface area contributed by atoms with E-state index in [2.05, 4.69) is 20.7 Å². The van der Waals surface area contributed by atoms with Gasteiger partial charge in [-0.2, -0.15) is 8.78 Å². The molecule has 0 saturated carbocycles. The van der Waals surface area contributed by atoms with E-state index in [4.69, 9.17) is 5.11 Å². The van der Waals surface area contributed by atoms with Crippen LogP contribution in [-0.2, 0) is 9.59 Å². The zero-order valence-corrected chi connectivity index (χ0v) is 11.8. The van der Waals surface area contributed by atoms with Gasteiger partial charge in [-0.25, -0.2) is 4.79 Å². The zero-order chi connectivity index (χ0) is 15.4. The highest BCUT2D eigenvalue weighted by molar-refractivity contribution is 9.09. The predicted octanol–water partition coefficient (Wildman–Crippen LogP) is 2.43. The molecule has 0 aromatic heterocycles. The molecule has 0 aliphatic heterocycles. The van der Waals surface area contributed by atoms with E-state index in [0.29, 0.717) is 5.56 Å². The molecule has 8 heteroatoms. The summed E-state index contributed by atoms with van der Waals surface area (Å²) in [6, 6.07) is 3.55. The van der Waals surface area contributed by atoms with Crippen molar-refractivity contribution in [1.29, 1.82) is 0 Å². The number of aliphatic carboxylic acids is 1. The lowest BCUT2D eigenvalue weighted by atomic mass is 10.0. The Morgan fingerprint density at radius 3 is 2.40 bits per heavy atom. The van der Waals surface area contributed by atoms with Crippen molar-refractivity contribution in [1.82, 2.24) is 0 Å². The zero-order valence-electron chi connectivity index (χ0n) is 10.2. The number of alkyl halides is 3. The fraction of sp³-hybridized carbons (Fsp3) is 0.333. The normalized spacial score (nSPS) is 13.9. The molecule has 2 atom stereocenters. The molecule has 0 saturated heterocycles. The molecule has 2 N–H and O–H groups in total. The summed E-state index contributed by atoms with van der Waals surface area (Å²) in [6.45, 7) is -1.86. The fourth-order valence-electron chi connectivity index (χ4n) is 1.51. The topological polar surface area (TPSA) is 83.8 Å². The molecular formula is C12H11BrF2O5.